The molecule has 4 rings (SSSR count). The number of nitrogens with zero attached hydrogens (tertiary/aromatic N) is 2. The number of aryl methyl sites for hydroxylation is 1. The second kappa shape index (κ2) is 10.7. The quantitative estimate of drug-likeness (QED) is 0.351. The number of thiazole rings is 1. The Morgan fingerprint density at radius 2 is 1.85 bits per heavy atom. The third-order valence-electron chi connectivity index (χ3n) is 4.40. The van der Waals surface area contributed by atoms with Gasteiger partial charge in [0.15, 0.2) is 5.82 Å². The zero-order valence-electron chi connectivity index (χ0n) is 17.1. The largest absolute Gasteiger partial charge is 0.490 e. The fourth-order valence-corrected chi connectivity index (χ4v) is 3.40. The first-order valence-electron chi connectivity index (χ1n) is 9.74. The number of amides is 1. The lowest BCUT2D eigenvalue weighted by Gasteiger charge is -2.05. The molecule has 4 aromatic rings. The van der Waals surface area contributed by atoms with E-state index in [9.17, 15) is 18.0 Å². The standard InChI is InChI=1S/C20H18N4OS.C2HF3O2/c25-19(8-4-7-14-5-2-1-3-6-14)22-15-9-10-16-17(11-15)24-20(23-16)18-12-26-13-21-18;3-2(4,5)1(6)7/h1-3,5-6,9-13H,4,7-8H2,(H,22,25)(H,23,24);(H,6,7). The molecule has 0 fully saturated rings. The maximum atomic E-state index is 12.2. The van der Waals surface area contributed by atoms with Crippen LogP contribution in [0, 0.1) is 0 Å². The number of aromatic nitrogens is 3. The number of anilines is 1. The average molecular weight is 476 g/mol. The topological polar surface area (TPSA) is 108 Å². The van der Waals surface area contributed by atoms with Gasteiger partial charge in [-0.1, -0.05) is 30.3 Å². The van der Waals surface area contributed by atoms with Gasteiger partial charge in [0.05, 0.1) is 16.5 Å². The number of rotatable bonds is 6. The Bertz CT molecular complexity index is 1210. The van der Waals surface area contributed by atoms with E-state index in [1.165, 1.54) is 16.9 Å². The van der Waals surface area contributed by atoms with Crippen LogP contribution in [0.5, 0.6) is 0 Å². The van der Waals surface area contributed by atoms with Gasteiger partial charge in [0.2, 0.25) is 5.91 Å². The Kier molecular flexibility index (Phi) is 7.78. The predicted octanol–water partition coefficient (Wildman–Crippen LogP) is 5.28. The number of carbonyl (C=O) groups excluding carboxylic acids is 1. The van der Waals surface area contributed by atoms with Crippen LogP contribution >= 0.6 is 11.3 Å². The van der Waals surface area contributed by atoms with Gasteiger partial charge in [0.1, 0.15) is 5.69 Å². The minimum Gasteiger partial charge on any atom is -0.475 e. The van der Waals surface area contributed by atoms with Crippen molar-refractivity contribution in [2.75, 3.05) is 5.32 Å². The lowest BCUT2D eigenvalue weighted by molar-refractivity contribution is -0.192. The predicted molar refractivity (Wildman–Crippen MR) is 119 cm³/mol. The van der Waals surface area contributed by atoms with Gasteiger partial charge >= 0.3 is 12.1 Å². The van der Waals surface area contributed by atoms with E-state index in [-0.39, 0.29) is 5.91 Å². The maximum Gasteiger partial charge on any atom is 0.490 e. The summed E-state index contributed by atoms with van der Waals surface area (Å²) in [5.41, 5.74) is 6.39. The van der Waals surface area contributed by atoms with E-state index < -0.39 is 12.1 Å². The van der Waals surface area contributed by atoms with Crippen LogP contribution in [-0.4, -0.2) is 38.1 Å². The summed E-state index contributed by atoms with van der Waals surface area (Å²) >= 11 is 1.53. The number of aliphatic carboxylic acids is 1. The van der Waals surface area contributed by atoms with E-state index in [1.807, 2.05) is 41.8 Å². The van der Waals surface area contributed by atoms with E-state index in [2.05, 4.69) is 32.4 Å². The Labute approximate surface area is 190 Å². The van der Waals surface area contributed by atoms with Crippen LogP contribution in [0.15, 0.2) is 59.4 Å². The molecule has 0 atom stereocenters. The lowest BCUT2D eigenvalue weighted by atomic mass is 10.1. The van der Waals surface area contributed by atoms with Crippen molar-refractivity contribution in [1.82, 2.24) is 15.0 Å². The van der Waals surface area contributed by atoms with Crippen LogP contribution in [0.3, 0.4) is 0 Å². The molecule has 0 spiro atoms. The molecular formula is C22H19F3N4O3S. The number of hydrogen-bond donors (Lipinski definition) is 3. The number of aromatic amines is 1. The van der Waals surface area contributed by atoms with Crippen LogP contribution in [0.25, 0.3) is 22.6 Å². The Morgan fingerprint density at radius 3 is 2.48 bits per heavy atom. The molecular weight excluding hydrogens is 457 g/mol. The molecule has 0 aliphatic heterocycles. The molecule has 0 aliphatic rings. The number of fused-ring (bicyclic) bond motifs is 1. The highest BCUT2D eigenvalue weighted by Gasteiger charge is 2.38. The number of benzene rings is 2. The van der Waals surface area contributed by atoms with Crippen molar-refractivity contribution < 1.29 is 27.9 Å². The molecule has 11 heteroatoms. The molecule has 172 valence electrons. The summed E-state index contributed by atoms with van der Waals surface area (Å²) in [5.74, 6) is -1.99. The van der Waals surface area contributed by atoms with Gasteiger partial charge in [0, 0.05) is 17.5 Å². The van der Waals surface area contributed by atoms with Crippen molar-refractivity contribution >= 4 is 39.9 Å². The fourth-order valence-electron chi connectivity index (χ4n) is 2.86. The van der Waals surface area contributed by atoms with Gasteiger partial charge in [-0.25, -0.2) is 14.8 Å². The number of hydrogen-bond acceptors (Lipinski definition) is 5. The summed E-state index contributed by atoms with van der Waals surface area (Å²) in [5, 5.41) is 12.0. The minimum atomic E-state index is -5.08. The molecule has 0 aliphatic carbocycles. The third-order valence-corrected chi connectivity index (χ3v) is 4.98. The molecule has 1 amide bonds. The number of carboxylic acid groups (broad SMARTS) is 1. The van der Waals surface area contributed by atoms with Crippen LogP contribution in [-0.2, 0) is 16.0 Å². The molecule has 2 aromatic carbocycles. The van der Waals surface area contributed by atoms with Crippen molar-refractivity contribution in [2.45, 2.75) is 25.4 Å². The first-order chi connectivity index (χ1) is 15.7. The molecule has 0 bridgehead atoms. The highest BCUT2D eigenvalue weighted by Crippen LogP contribution is 2.23. The van der Waals surface area contributed by atoms with Gasteiger partial charge in [0.25, 0.3) is 0 Å². The normalized spacial score (nSPS) is 11.0. The summed E-state index contributed by atoms with van der Waals surface area (Å²) in [6, 6.07) is 15.9. The second-order valence-corrected chi connectivity index (χ2v) is 7.60. The van der Waals surface area contributed by atoms with E-state index in [1.54, 1.807) is 5.51 Å². The number of nitrogens with one attached hydrogen (secondary N) is 2. The first-order valence-corrected chi connectivity index (χ1v) is 10.7. The van der Waals surface area contributed by atoms with Crippen LogP contribution in [0.4, 0.5) is 18.9 Å². The Hall–Kier alpha value is -3.73. The number of imidazole rings is 1. The number of halogens is 3. The van der Waals surface area contributed by atoms with Crippen LogP contribution in [0.2, 0.25) is 0 Å². The number of alkyl halides is 3. The lowest BCUT2D eigenvalue weighted by Crippen LogP contribution is -2.21. The second-order valence-electron chi connectivity index (χ2n) is 6.88. The fraction of sp³-hybridized carbons (Fsp3) is 0.182. The number of carboxylic acids is 1. The molecule has 2 aromatic heterocycles. The molecule has 2 heterocycles. The number of carbonyl (C=O) groups is 2. The molecule has 3 N–H and O–H groups in total. The first kappa shape index (κ1) is 23.9. The van der Waals surface area contributed by atoms with E-state index >= 15 is 0 Å². The van der Waals surface area contributed by atoms with E-state index in [4.69, 9.17) is 9.90 Å². The maximum absolute atomic E-state index is 12.2. The van der Waals surface area contributed by atoms with Gasteiger partial charge in [-0.2, -0.15) is 13.2 Å². The van der Waals surface area contributed by atoms with Crippen LogP contribution < -0.4 is 5.32 Å². The van der Waals surface area contributed by atoms with E-state index in [0.29, 0.717) is 6.42 Å². The SMILES string of the molecule is O=C(CCCc1ccccc1)Nc1ccc2nc(-c3cscn3)[nH]c2c1.O=C(O)C(F)(F)F. The third kappa shape index (κ3) is 7.14. The van der Waals surface area contributed by atoms with Crippen molar-refractivity contribution in [3.8, 4) is 11.5 Å². The summed E-state index contributed by atoms with van der Waals surface area (Å²) in [6.45, 7) is 0. The summed E-state index contributed by atoms with van der Waals surface area (Å²) in [6.07, 6.45) is -2.85. The molecule has 0 unspecified atom stereocenters. The minimum absolute atomic E-state index is 0.0273. The van der Waals surface area contributed by atoms with Gasteiger partial charge < -0.3 is 15.4 Å². The number of H-pyrrole nitrogens is 1. The molecule has 0 radical (unpaired) electrons. The monoisotopic (exact) mass is 476 g/mol. The zero-order chi connectivity index (χ0) is 23.8. The van der Waals surface area contributed by atoms with Gasteiger partial charge in [-0.15, -0.1) is 11.3 Å². The zero-order valence-corrected chi connectivity index (χ0v) is 17.9. The Balaban J connectivity index is 0.000000383. The Morgan fingerprint density at radius 1 is 1.12 bits per heavy atom. The van der Waals surface area contributed by atoms with Crippen LogP contribution in [0.1, 0.15) is 18.4 Å². The summed E-state index contributed by atoms with van der Waals surface area (Å²) < 4.78 is 31.7. The molecule has 0 saturated heterocycles. The smallest absolute Gasteiger partial charge is 0.475 e. The highest BCUT2D eigenvalue weighted by atomic mass is 32.1. The molecule has 33 heavy (non-hydrogen) atoms. The van der Waals surface area contributed by atoms with Gasteiger partial charge in [-0.05, 0) is 36.6 Å². The molecule has 0 saturated carbocycles. The van der Waals surface area contributed by atoms with E-state index in [0.717, 1.165) is 41.1 Å². The summed E-state index contributed by atoms with van der Waals surface area (Å²) in [4.78, 5) is 33.1. The van der Waals surface area contributed by atoms with Crippen molar-refractivity contribution in [3.63, 3.8) is 0 Å². The van der Waals surface area contributed by atoms with Gasteiger partial charge in [-0.3, -0.25) is 4.79 Å². The van der Waals surface area contributed by atoms with Crippen molar-refractivity contribution in [1.29, 1.82) is 0 Å². The highest BCUT2D eigenvalue weighted by molar-refractivity contribution is 7.07. The average Bonchev–Trinajstić information content (AvgIpc) is 3.44. The molecule has 7 nitrogen and oxygen atoms in total. The van der Waals surface area contributed by atoms with Crippen molar-refractivity contribution in [2.24, 2.45) is 0 Å². The summed E-state index contributed by atoms with van der Waals surface area (Å²) in [7, 11) is 0. The van der Waals surface area contributed by atoms with Crippen molar-refractivity contribution in [3.05, 3.63) is 65.0 Å².